The van der Waals surface area contributed by atoms with Gasteiger partial charge in [-0.3, -0.25) is 14.5 Å². The van der Waals surface area contributed by atoms with Gasteiger partial charge < -0.3 is 5.73 Å². The van der Waals surface area contributed by atoms with Crippen molar-refractivity contribution in [3.05, 3.63) is 29.8 Å². The van der Waals surface area contributed by atoms with Crippen LogP contribution in [0.4, 0.5) is 5.69 Å². The van der Waals surface area contributed by atoms with Gasteiger partial charge in [0.1, 0.15) is 4.99 Å². The molecule has 5 heteroatoms. The van der Waals surface area contributed by atoms with Gasteiger partial charge in [-0.05, 0) is 29.7 Å². The van der Waals surface area contributed by atoms with Crippen LogP contribution in [0.2, 0.25) is 0 Å². The van der Waals surface area contributed by atoms with Gasteiger partial charge in [0.15, 0.2) is 0 Å². The van der Waals surface area contributed by atoms with Crippen molar-refractivity contribution in [3.8, 4) is 0 Å². The molecule has 0 unspecified atom stereocenters. The summed E-state index contributed by atoms with van der Waals surface area (Å²) in [5.41, 5.74) is 6.55. The van der Waals surface area contributed by atoms with Crippen LogP contribution in [0.25, 0.3) is 0 Å². The number of carbonyl (C=O) groups excluding carboxylic acids is 2. The second-order valence-corrected chi connectivity index (χ2v) is 5.99. The fourth-order valence-corrected chi connectivity index (χ4v) is 2.38. The van der Waals surface area contributed by atoms with Crippen LogP contribution in [-0.4, -0.2) is 16.8 Å². The molecule has 1 aromatic rings. The molecule has 19 heavy (non-hydrogen) atoms. The van der Waals surface area contributed by atoms with Crippen molar-refractivity contribution in [3.63, 3.8) is 0 Å². The topological polar surface area (TPSA) is 63.4 Å². The lowest BCUT2D eigenvalue weighted by atomic mass is 9.81. The molecule has 0 aromatic heterocycles. The van der Waals surface area contributed by atoms with Gasteiger partial charge in [-0.2, -0.15) is 0 Å². The molecule has 1 aliphatic rings. The SMILES string of the molecule is CC1(C)CC(=O)N(c2ccc(C(N)=S)cc2)C(=O)C1. The zero-order valence-corrected chi connectivity index (χ0v) is 11.8. The van der Waals surface area contributed by atoms with E-state index in [1.54, 1.807) is 24.3 Å². The Kier molecular flexibility index (Phi) is 3.41. The molecule has 1 aliphatic heterocycles. The fraction of sp³-hybridized carbons (Fsp3) is 0.357. The van der Waals surface area contributed by atoms with Crippen LogP contribution in [0.5, 0.6) is 0 Å². The Morgan fingerprint density at radius 1 is 1.16 bits per heavy atom. The Balaban J connectivity index is 2.29. The number of hydrogen-bond donors (Lipinski definition) is 1. The van der Waals surface area contributed by atoms with Crippen molar-refractivity contribution >= 4 is 34.7 Å². The third-order valence-corrected chi connectivity index (χ3v) is 3.40. The highest BCUT2D eigenvalue weighted by molar-refractivity contribution is 7.80. The lowest BCUT2D eigenvalue weighted by Gasteiger charge is -2.34. The van der Waals surface area contributed by atoms with Crippen LogP contribution >= 0.6 is 12.2 Å². The van der Waals surface area contributed by atoms with Crippen LogP contribution in [-0.2, 0) is 9.59 Å². The third-order valence-electron chi connectivity index (χ3n) is 3.17. The smallest absolute Gasteiger partial charge is 0.234 e. The van der Waals surface area contributed by atoms with E-state index in [1.807, 2.05) is 13.8 Å². The Morgan fingerprint density at radius 2 is 1.63 bits per heavy atom. The Bertz CT molecular complexity index is 529. The number of benzene rings is 1. The van der Waals surface area contributed by atoms with Crippen molar-refractivity contribution in [1.82, 2.24) is 0 Å². The number of rotatable bonds is 2. The van der Waals surface area contributed by atoms with Crippen LogP contribution in [0.1, 0.15) is 32.3 Å². The maximum atomic E-state index is 12.1. The molecular formula is C14H16N2O2S. The van der Waals surface area contributed by atoms with Gasteiger partial charge in [-0.25, -0.2) is 0 Å². The number of nitrogens with two attached hydrogens (primary N) is 1. The summed E-state index contributed by atoms with van der Waals surface area (Å²) < 4.78 is 0. The number of nitrogens with zero attached hydrogens (tertiary/aromatic N) is 1. The predicted molar refractivity (Wildman–Crippen MR) is 77.8 cm³/mol. The highest BCUT2D eigenvalue weighted by Crippen LogP contribution is 2.33. The summed E-state index contributed by atoms with van der Waals surface area (Å²) >= 11 is 4.87. The molecular weight excluding hydrogens is 260 g/mol. The van der Waals surface area contributed by atoms with E-state index in [0.717, 1.165) is 5.56 Å². The molecule has 0 saturated carbocycles. The Hall–Kier alpha value is -1.75. The van der Waals surface area contributed by atoms with Crippen molar-refractivity contribution in [2.45, 2.75) is 26.7 Å². The summed E-state index contributed by atoms with van der Waals surface area (Å²) in [4.78, 5) is 25.7. The van der Waals surface area contributed by atoms with Gasteiger partial charge in [0.25, 0.3) is 0 Å². The minimum atomic E-state index is -0.260. The van der Waals surface area contributed by atoms with Gasteiger partial charge in [0.05, 0.1) is 5.69 Å². The molecule has 0 bridgehead atoms. The van der Waals surface area contributed by atoms with E-state index in [-0.39, 0.29) is 17.2 Å². The number of hydrogen-bond acceptors (Lipinski definition) is 3. The van der Waals surface area contributed by atoms with E-state index in [4.69, 9.17) is 18.0 Å². The molecule has 100 valence electrons. The molecule has 2 amide bonds. The molecule has 4 nitrogen and oxygen atoms in total. The van der Waals surface area contributed by atoms with Gasteiger partial charge in [-0.1, -0.05) is 26.1 Å². The van der Waals surface area contributed by atoms with E-state index in [2.05, 4.69) is 0 Å². The number of imide groups is 1. The molecule has 1 saturated heterocycles. The molecule has 1 heterocycles. The molecule has 0 spiro atoms. The first kappa shape index (κ1) is 13.7. The first-order chi connectivity index (χ1) is 8.80. The quantitative estimate of drug-likeness (QED) is 0.663. The second kappa shape index (κ2) is 4.74. The molecule has 2 N–H and O–H groups in total. The number of anilines is 1. The van der Waals surface area contributed by atoms with Gasteiger partial charge in [0, 0.05) is 18.4 Å². The second-order valence-electron chi connectivity index (χ2n) is 5.55. The molecule has 1 fully saturated rings. The maximum Gasteiger partial charge on any atom is 0.234 e. The van der Waals surface area contributed by atoms with E-state index in [0.29, 0.717) is 23.5 Å². The molecule has 0 atom stereocenters. The third kappa shape index (κ3) is 2.81. The van der Waals surface area contributed by atoms with Crippen LogP contribution in [0.3, 0.4) is 0 Å². The summed E-state index contributed by atoms with van der Waals surface area (Å²) in [7, 11) is 0. The summed E-state index contributed by atoms with van der Waals surface area (Å²) in [5, 5.41) is 0. The predicted octanol–water partition coefficient (Wildman–Crippen LogP) is 2.00. The lowest BCUT2D eigenvalue weighted by Crippen LogP contribution is -2.46. The Labute approximate surface area is 117 Å². The van der Waals surface area contributed by atoms with E-state index < -0.39 is 0 Å². The minimum absolute atomic E-state index is 0.163. The van der Waals surface area contributed by atoms with Crippen LogP contribution in [0.15, 0.2) is 24.3 Å². The van der Waals surface area contributed by atoms with E-state index in [9.17, 15) is 9.59 Å². The normalized spacial score (nSPS) is 18.5. The lowest BCUT2D eigenvalue weighted by molar-refractivity contribution is -0.132. The highest BCUT2D eigenvalue weighted by atomic mass is 32.1. The average Bonchev–Trinajstić information content (AvgIpc) is 2.26. The number of thiocarbonyl (C=S) groups is 1. The summed E-state index contributed by atoms with van der Waals surface area (Å²) in [5.74, 6) is -0.325. The van der Waals surface area contributed by atoms with Crippen molar-refractivity contribution in [2.24, 2.45) is 11.1 Å². The first-order valence-corrected chi connectivity index (χ1v) is 6.47. The van der Waals surface area contributed by atoms with Gasteiger partial charge >= 0.3 is 0 Å². The van der Waals surface area contributed by atoms with E-state index in [1.165, 1.54) is 4.90 Å². The first-order valence-electron chi connectivity index (χ1n) is 6.06. The number of amides is 2. The molecule has 2 rings (SSSR count). The Morgan fingerprint density at radius 3 is 2.05 bits per heavy atom. The minimum Gasteiger partial charge on any atom is -0.389 e. The standard InChI is InChI=1S/C14H16N2O2S/c1-14(2)7-11(17)16(12(18)8-14)10-5-3-9(4-6-10)13(15)19/h3-6H,7-8H2,1-2H3,(H2,15,19). The zero-order chi connectivity index (χ0) is 14.2. The van der Waals surface area contributed by atoms with Gasteiger partial charge in [0.2, 0.25) is 11.8 Å². The summed E-state index contributed by atoms with van der Waals surface area (Å²) in [6, 6.07) is 6.83. The van der Waals surface area contributed by atoms with Crippen LogP contribution < -0.4 is 10.6 Å². The number of piperidine rings is 1. The highest BCUT2D eigenvalue weighted by Gasteiger charge is 2.38. The monoisotopic (exact) mass is 276 g/mol. The van der Waals surface area contributed by atoms with Crippen molar-refractivity contribution in [1.29, 1.82) is 0 Å². The van der Waals surface area contributed by atoms with Crippen molar-refractivity contribution < 1.29 is 9.59 Å². The number of carbonyl (C=O) groups is 2. The summed E-state index contributed by atoms with van der Waals surface area (Å²) in [6.07, 6.45) is 0.742. The van der Waals surface area contributed by atoms with E-state index >= 15 is 0 Å². The summed E-state index contributed by atoms with van der Waals surface area (Å²) in [6.45, 7) is 3.85. The maximum absolute atomic E-state index is 12.1. The average molecular weight is 276 g/mol. The zero-order valence-electron chi connectivity index (χ0n) is 11.0. The largest absolute Gasteiger partial charge is 0.389 e. The van der Waals surface area contributed by atoms with Crippen molar-refractivity contribution in [2.75, 3.05) is 4.90 Å². The molecule has 0 aliphatic carbocycles. The molecule has 1 aromatic carbocycles. The molecule has 0 radical (unpaired) electrons. The van der Waals surface area contributed by atoms with Gasteiger partial charge in [-0.15, -0.1) is 0 Å². The van der Waals surface area contributed by atoms with Crippen LogP contribution in [0, 0.1) is 5.41 Å². The fourth-order valence-electron chi connectivity index (χ4n) is 2.24.